The first kappa shape index (κ1) is 16.4. The molecule has 0 radical (unpaired) electrons. The molecule has 0 saturated heterocycles. The Kier molecular flexibility index (Phi) is 5.88. The van der Waals surface area contributed by atoms with E-state index in [9.17, 15) is 14.4 Å². The molecule has 0 bridgehead atoms. The van der Waals surface area contributed by atoms with Crippen LogP contribution in [0.15, 0.2) is 5.10 Å². The number of carbonyl (C=O) groups excluding carboxylic acids is 3. The molecule has 0 atom stereocenters. The first-order valence-electron chi connectivity index (χ1n) is 7.74. The summed E-state index contributed by atoms with van der Waals surface area (Å²) in [6, 6.07) is 0.258. The van der Waals surface area contributed by atoms with Gasteiger partial charge in [-0.3, -0.25) is 14.4 Å². The Bertz CT molecular complexity index is 469. The molecule has 0 aromatic carbocycles. The lowest BCUT2D eigenvalue weighted by atomic mass is 9.91. The Labute approximate surface area is 129 Å². The lowest BCUT2D eigenvalue weighted by Crippen LogP contribution is -2.46. The molecular weight excluding hydrogens is 286 g/mol. The van der Waals surface area contributed by atoms with Gasteiger partial charge in [0.15, 0.2) is 0 Å². The van der Waals surface area contributed by atoms with Crippen molar-refractivity contribution in [2.75, 3.05) is 6.54 Å². The van der Waals surface area contributed by atoms with E-state index < -0.39 is 0 Å². The van der Waals surface area contributed by atoms with Gasteiger partial charge in [-0.1, -0.05) is 0 Å². The van der Waals surface area contributed by atoms with Crippen LogP contribution in [0.1, 0.15) is 44.9 Å². The molecule has 1 heterocycles. The van der Waals surface area contributed by atoms with Gasteiger partial charge in [-0.25, -0.2) is 5.43 Å². The van der Waals surface area contributed by atoms with Crippen LogP contribution < -0.4 is 21.8 Å². The number of hydrogen-bond acceptors (Lipinski definition) is 5. The van der Waals surface area contributed by atoms with Gasteiger partial charge in [0.2, 0.25) is 11.8 Å². The topological polar surface area (TPSA) is 126 Å². The zero-order chi connectivity index (χ0) is 15.9. The summed E-state index contributed by atoms with van der Waals surface area (Å²) in [4.78, 5) is 34.5. The van der Waals surface area contributed by atoms with E-state index in [1.807, 2.05) is 0 Å². The molecule has 0 aromatic heterocycles. The van der Waals surface area contributed by atoms with Crippen molar-refractivity contribution < 1.29 is 14.4 Å². The zero-order valence-corrected chi connectivity index (χ0v) is 12.6. The van der Waals surface area contributed by atoms with Gasteiger partial charge in [0, 0.05) is 37.9 Å². The summed E-state index contributed by atoms with van der Waals surface area (Å²) in [6.07, 6.45) is 4.34. The highest BCUT2D eigenvalue weighted by Crippen LogP contribution is 2.19. The molecule has 0 aromatic rings. The third-order valence-corrected chi connectivity index (χ3v) is 3.97. The normalized spacial score (nSPS) is 25.0. The fourth-order valence-electron chi connectivity index (χ4n) is 2.72. The second-order valence-corrected chi connectivity index (χ2v) is 5.72. The Balaban J connectivity index is 1.72. The maximum atomic E-state index is 12.0. The highest BCUT2D eigenvalue weighted by molar-refractivity contribution is 6.39. The molecule has 1 fully saturated rings. The number of nitrogens with zero attached hydrogens (tertiary/aromatic N) is 1. The number of rotatable bonds is 5. The minimum atomic E-state index is -0.212. The molecule has 2 aliphatic rings. The van der Waals surface area contributed by atoms with Crippen molar-refractivity contribution in [2.45, 2.75) is 57.0 Å². The SMILES string of the molecule is NCCC(=O)N[C@H]1CC[C@H](NC(=O)C2=NNC(=O)CC2)CC1. The van der Waals surface area contributed by atoms with Gasteiger partial charge in [-0.15, -0.1) is 0 Å². The van der Waals surface area contributed by atoms with E-state index in [1.54, 1.807) is 0 Å². The van der Waals surface area contributed by atoms with E-state index in [2.05, 4.69) is 21.2 Å². The molecule has 8 nitrogen and oxygen atoms in total. The molecule has 122 valence electrons. The Morgan fingerprint density at radius 2 is 1.77 bits per heavy atom. The summed E-state index contributed by atoms with van der Waals surface area (Å²) >= 11 is 0. The van der Waals surface area contributed by atoms with Crippen molar-refractivity contribution >= 4 is 23.4 Å². The summed E-state index contributed by atoms with van der Waals surface area (Å²) in [7, 11) is 0. The van der Waals surface area contributed by atoms with Gasteiger partial charge in [-0.05, 0) is 25.7 Å². The van der Waals surface area contributed by atoms with E-state index in [0.717, 1.165) is 25.7 Å². The third-order valence-electron chi connectivity index (χ3n) is 3.97. The predicted octanol–water partition coefficient (Wildman–Crippen LogP) is -0.855. The van der Waals surface area contributed by atoms with Crippen LogP contribution in [0.2, 0.25) is 0 Å². The number of nitrogens with two attached hydrogens (primary N) is 1. The van der Waals surface area contributed by atoms with Gasteiger partial charge in [0.1, 0.15) is 5.71 Å². The van der Waals surface area contributed by atoms with Crippen molar-refractivity contribution in [3.63, 3.8) is 0 Å². The molecule has 2 rings (SSSR count). The van der Waals surface area contributed by atoms with Crippen LogP contribution in [0.4, 0.5) is 0 Å². The minimum absolute atomic E-state index is 0.0118. The summed E-state index contributed by atoms with van der Waals surface area (Å²) in [6.45, 7) is 0.357. The predicted molar refractivity (Wildman–Crippen MR) is 80.8 cm³/mol. The minimum Gasteiger partial charge on any atom is -0.353 e. The quantitative estimate of drug-likeness (QED) is 0.527. The van der Waals surface area contributed by atoms with Crippen LogP contribution in [-0.4, -0.2) is 42.1 Å². The van der Waals surface area contributed by atoms with Crippen LogP contribution in [-0.2, 0) is 14.4 Å². The van der Waals surface area contributed by atoms with Gasteiger partial charge in [0.05, 0.1) is 0 Å². The number of amides is 3. The van der Waals surface area contributed by atoms with E-state index in [1.165, 1.54) is 0 Å². The average Bonchev–Trinajstić information content (AvgIpc) is 2.50. The van der Waals surface area contributed by atoms with Crippen molar-refractivity contribution in [2.24, 2.45) is 10.8 Å². The number of hydrogen-bond donors (Lipinski definition) is 4. The summed E-state index contributed by atoms with van der Waals surface area (Å²) in [5.74, 6) is -0.386. The smallest absolute Gasteiger partial charge is 0.267 e. The van der Waals surface area contributed by atoms with Gasteiger partial charge in [-0.2, -0.15) is 5.10 Å². The van der Waals surface area contributed by atoms with Gasteiger partial charge < -0.3 is 16.4 Å². The third kappa shape index (κ3) is 4.80. The molecule has 3 amide bonds. The fourth-order valence-corrected chi connectivity index (χ4v) is 2.72. The Morgan fingerprint density at radius 1 is 1.14 bits per heavy atom. The first-order valence-corrected chi connectivity index (χ1v) is 7.74. The van der Waals surface area contributed by atoms with Gasteiger partial charge >= 0.3 is 0 Å². The number of nitrogens with one attached hydrogen (secondary N) is 3. The van der Waals surface area contributed by atoms with E-state index in [0.29, 0.717) is 31.5 Å². The monoisotopic (exact) mass is 309 g/mol. The van der Waals surface area contributed by atoms with Crippen molar-refractivity contribution in [3.8, 4) is 0 Å². The van der Waals surface area contributed by atoms with Crippen molar-refractivity contribution in [3.05, 3.63) is 0 Å². The van der Waals surface area contributed by atoms with Crippen LogP contribution in [0.25, 0.3) is 0 Å². The second-order valence-electron chi connectivity index (χ2n) is 5.72. The molecule has 22 heavy (non-hydrogen) atoms. The maximum absolute atomic E-state index is 12.0. The molecule has 1 saturated carbocycles. The molecule has 1 aliphatic carbocycles. The lowest BCUT2D eigenvalue weighted by molar-refractivity contribution is -0.122. The molecule has 5 N–H and O–H groups in total. The number of hydrazone groups is 1. The average molecular weight is 309 g/mol. The fraction of sp³-hybridized carbons (Fsp3) is 0.714. The van der Waals surface area contributed by atoms with Crippen LogP contribution in [0, 0.1) is 0 Å². The lowest BCUT2D eigenvalue weighted by Gasteiger charge is -2.30. The number of carbonyl (C=O) groups is 3. The summed E-state index contributed by atoms with van der Waals surface area (Å²) in [5.41, 5.74) is 8.04. The molecule has 1 aliphatic heterocycles. The summed E-state index contributed by atoms with van der Waals surface area (Å²) in [5, 5.41) is 9.69. The largest absolute Gasteiger partial charge is 0.353 e. The molecule has 8 heteroatoms. The first-order chi connectivity index (χ1) is 10.6. The van der Waals surface area contributed by atoms with Gasteiger partial charge in [0.25, 0.3) is 5.91 Å². The second kappa shape index (κ2) is 7.88. The molecule has 0 spiro atoms. The van der Waals surface area contributed by atoms with Crippen molar-refractivity contribution in [1.82, 2.24) is 16.1 Å². The van der Waals surface area contributed by atoms with Crippen molar-refractivity contribution in [1.29, 1.82) is 0 Å². The molecular formula is C14H23N5O3. The van der Waals surface area contributed by atoms with Crippen LogP contribution >= 0.6 is 0 Å². The van der Waals surface area contributed by atoms with E-state index in [4.69, 9.17) is 5.73 Å². The molecule has 0 unspecified atom stereocenters. The maximum Gasteiger partial charge on any atom is 0.267 e. The Morgan fingerprint density at radius 3 is 2.32 bits per heavy atom. The standard InChI is InChI=1S/C14H23N5O3/c15-8-7-12(20)16-9-1-3-10(4-2-9)17-14(22)11-5-6-13(21)19-18-11/h9-10H,1-8,15H2,(H,16,20)(H,17,22)(H,19,21)/t9-,10-. The van der Waals surface area contributed by atoms with Crippen LogP contribution in [0.3, 0.4) is 0 Å². The highest BCUT2D eigenvalue weighted by atomic mass is 16.2. The van der Waals surface area contributed by atoms with Crippen LogP contribution in [0.5, 0.6) is 0 Å². The van der Waals surface area contributed by atoms with E-state index in [-0.39, 0.29) is 29.8 Å². The summed E-state index contributed by atoms with van der Waals surface area (Å²) < 4.78 is 0. The Hall–Kier alpha value is -1.96. The van der Waals surface area contributed by atoms with E-state index >= 15 is 0 Å². The highest BCUT2D eigenvalue weighted by Gasteiger charge is 2.25. The zero-order valence-electron chi connectivity index (χ0n) is 12.6.